The van der Waals surface area contributed by atoms with Gasteiger partial charge >= 0.3 is 5.97 Å². The molecule has 5 heteroatoms. The number of nitrogens with two attached hydrogens (primary N) is 1. The molecule has 1 unspecified atom stereocenters. The van der Waals surface area contributed by atoms with E-state index in [4.69, 9.17) is 10.8 Å². The predicted molar refractivity (Wildman–Crippen MR) is 43.5 cm³/mol. The number of aliphatic carboxylic acids is 1. The maximum atomic E-state index is 10.5. The summed E-state index contributed by atoms with van der Waals surface area (Å²) in [6.07, 6.45) is -0.00306. The molecule has 0 heterocycles. The quantitative estimate of drug-likeness (QED) is 0.497. The summed E-state index contributed by atoms with van der Waals surface area (Å²) in [5.74, 6) is -1.41. The standard InChI is InChI=1S/C7H14N2O3/c1-2-9-5(3-6(8)10)4-7(11)12/h5,9H,2-4H2,1H3,(H2,8,10)(H,11,12). The second kappa shape index (κ2) is 5.54. The summed E-state index contributed by atoms with van der Waals surface area (Å²) in [4.78, 5) is 20.7. The molecular formula is C7H14N2O3. The van der Waals surface area contributed by atoms with Crippen LogP contribution in [0.4, 0.5) is 0 Å². The van der Waals surface area contributed by atoms with Crippen LogP contribution in [-0.4, -0.2) is 29.6 Å². The SMILES string of the molecule is CCNC(CC(N)=O)CC(=O)O. The van der Waals surface area contributed by atoms with Crippen molar-refractivity contribution in [1.29, 1.82) is 0 Å². The highest BCUT2D eigenvalue weighted by atomic mass is 16.4. The molecule has 5 nitrogen and oxygen atoms in total. The van der Waals surface area contributed by atoms with Crippen molar-refractivity contribution in [1.82, 2.24) is 5.32 Å². The van der Waals surface area contributed by atoms with E-state index in [1.54, 1.807) is 0 Å². The molecule has 0 radical (unpaired) electrons. The molecule has 0 aliphatic heterocycles. The van der Waals surface area contributed by atoms with Gasteiger partial charge in [0.15, 0.2) is 0 Å². The molecule has 0 rings (SSSR count). The van der Waals surface area contributed by atoms with Crippen molar-refractivity contribution in [3.63, 3.8) is 0 Å². The van der Waals surface area contributed by atoms with E-state index in [0.717, 1.165) is 0 Å². The lowest BCUT2D eigenvalue weighted by atomic mass is 10.1. The number of primary amides is 1. The van der Waals surface area contributed by atoms with Crippen LogP contribution in [0.15, 0.2) is 0 Å². The van der Waals surface area contributed by atoms with E-state index >= 15 is 0 Å². The fourth-order valence-electron chi connectivity index (χ4n) is 0.959. The molecule has 70 valence electrons. The Morgan fingerprint density at radius 3 is 2.42 bits per heavy atom. The normalized spacial score (nSPS) is 12.4. The topological polar surface area (TPSA) is 92.4 Å². The zero-order valence-corrected chi connectivity index (χ0v) is 7.04. The Labute approximate surface area is 70.9 Å². The van der Waals surface area contributed by atoms with E-state index in [1.807, 2.05) is 6.92 Å². The summed E-state index contributed by atoms with van der Waals surface area (Å²) in [6, 6.07) is -0.343. The summed E-state index contributed by atoms with van der Waals surface area (Å²) in [5.41, 5.74) is 4.93. The molecule has 0 aromatic heterocycles. The van der Waals surface area contributed by atoms with Crippen LogP contribution in [0, 0.1) is 0 Å². The van der Waals surface area contributed by atoms with Gasteiger partial charge in [0.1, 0.15) is 0 Å². The van der Waals surface area contributed by atoms with E-state index in [9.17, 15) is 9.59 Å². The molecule has 0 fully saturated rings. The largest absolute Gasteiger partial charge is 0.481 e. The van der Waals surface area contributed by atoms with E-state index < -0.39 is 11.9 Å². The van der Waals surface area contributed by atoms with E-state index in [2.05, 4.69) is 5.32 Å². The lowest BCUT2D eigenvalue weighted by Crippen LogP contribution is -2.35. The van der Waals surface area contributed by atoms with E-state index in [1.165, 1.54) is 0 Å². The summed E-state index contributed by atoms with van der Waals surface area (Å²) in [7, 11) is 0. The van der Waals surface area contributed by atoms with Gasteiger partial charge in [0.25, 0.3) is 0 Å². The van der Waals surface area contributed by atoms with Gasteiger partial charge in [-0.1, -0.05) is 6.92 Å². The van der Waals surface area contributed by atoms with Crippen molar-refractivity contribution < 1.29 is 14.7 Å². The third-order valence-electron chi connectivity index (χ3n) is 1.36. The Bertz CT molecular complexity index is 154. The van der Waals surface area contributed by atoms with Crippen LogP contribution in [0.25, 0.3) is 0 Å². The lowest BCUT2D eigenvalue weighted by Gasteiger charge is -2.12. The number of amides is 1. The average molecular weight is 174 g/mol. The molecule has 0 aliphatic rings. The molecule has 0 saturated carbocycles. The molecule has 0 aliphatic carbocycles. The molecule has 0 aromatic rings. The lowest BCUT2D eigenvalue weighted by molar-refractivity contribution is -0.137. The van der Waals surface area contributed by atoms with Crippen LogP contribution in [0.2, 0.25) is 0 Å². The van der Waals surface area contributed by atoms with Crippen LogP contribution >= 0.6 is 0 Å². The molecule has 0 bridgehead atoms. The molecule has 4 N–H and O–H groups in total. The van der Waals surface area contributed by atoms with E-state index in [0.29, 0.717) is 6.54 Å². The number of carbonyl (C=O) groups excluding carboxylic acids is 1. The summed E-state index contributed by atoms with van der Waals surface area (Å²) in [5, 5.41) is 11.3. The Morgan fingerprint density at radius 2 is 2.08 bits per heavy atom. The highest BCUT2D eigenvalue weighted by molar-refractivity contribution is 5.76. The first kappa shape index (κ1) is 10.9. The van der Waals surface area contributed by atoms with E-state index in [-0.39, 0.29) is 18.9 Å². The van der Waals surface area contributed by atoms with Gasteiger partial charge in [0, 0.05) is 12.5 Å². The first-order valence-electron chi connectivity index (χ1n) is 3.79. The fraction of sp³-hybridized carbons (Fsp3) is 0.714. The van der Waals surface area contributed by atoms with Crippen molar-refractivity contribution in [3.05, 3.63) is 0 Å². The number of carbonyl (C=O) groups is 2. The van der Waals surface area contributed by atoms with Gasteiger partial charge in [-0.3, -0.25) is 9.59 Å². The van der Waals surface area contributed by atoms with Gasteiger partial charge in [0.05, 0.1) is 6.42 Å². The minimum Gasteiger partial charge on any atom is -0.481 e. The van der Waals surface area contributed by atoms with Gasteiger partial charge in [-0.05, 0) is 6.54 Å². The zero-order chi connectivity index (χ0) is 9.56. The molecule has 0 spiro atoms. The van der Waals surface area contributed by atoms with Crippen molar-refractivity contribution in [2.24, 2.45) is 5.73 Å². The maximum absolute atomic E-state index is 10.5. The number of hydrogen-bond acceptors (Lipinski definition) is 3. The van der Waals surface area contributed by atoms with Gasteiger partial charge in [-0.15, -0.1) is 0 Å². The highest BCUT2D eigenvalue weighted by Crippen LogP contribution is 1.96. The maximum Gasteiger partial charge on any atom is 0.304 e. The third-order valence-corrected chi connectivity index (χ3v) is 1.36. The Kier molecular flexibility index (Phi) is 5.03. The Balaban J connectivity index is 3.85. The predicted octanol–water partition coefficient (Wildman–Crippen LogP) is -0.685. The molecule has 12 heavy (non-hydrogen) atoms. The first-order chi connectivity index (χ1) is 5.56. The molecule has 0 aromatic carbocycles. The highest BCUT2D eigenvalue weighted by Gasteiger charge is 2.13. The minimum atomic E-state index is -0.929. The van der Waals surface area contributed by atoms with Crippen molar-refractivity contribution in [2.75, 3.05) is 6.54 Å². The average Bonchev–Trinajstić information content (AvgIpc) is 1.84. The van der Waals surface area contributed by atoms with Crippen LogP contribution in [-0.2, 0) is 9.59 Å². The number of rotatable bonds is 6. The number of nitrogens with one attached hydrogen (secondary N) is 1. The summed E-state index contributed by atoms with van der Waals surface area (Å²) < 4.78 is 0. The van der Waals surface area contributed by atoms with Crippen LogP contribution in [0.1, 0.15) is 19.8 Å². The smallest absolute Gasteiger partial charge is 0.304 e. The number of carboxylic acids is 1. The fourth-order valence-corrected chi connectivity index (χ4v) is 0.959. The van der Waals surface area contributed by atoms with Gasteiger partial charge in [0.2, 0.25) is 5.91 Å². The molecule has 1 amide bonds. The van der Waals surface area contributed by atoms with Crippen molar-refractivity contribution in [3.8, 4) is 0 Å². The second-order valence-corrected chi connectivity index (χ2v) is 2.52. The van der Waals surface area contributed by atoms with Gasteiger partial charge in [-0.2, -0.15) is 0 Å². The Hall–Kier alpha value is -1.10. The third kappa shape index (κ3) is 5.67. The van der Waals surface area contributed by atoms with Crippen molar-refractivity contribution >= 4 is 11.9 Å². The van der Waals surface area contributed by atoms with Crippen LogP contribution < -0.4 is 11.1 Å². The summed E-state index contributed by atoms with van der Waals surface area (Å²) >= 11 is 0. The molecular weight excluding hydrogens is 160 g/mol. The number of carboxylic acid groups (broad SMARTS) is 1. The van der Waals surface area contributed by atoms with Crippen LogP contribution in [0.3, 0.4) is 0 Å². The second-order valence-electron chi connectivity index (χ2n) is 2.52. The van der Waals surface area contributed by atoms with Crippen molar-refractivity contribution in [2.45, 2.75) is 25.8 Å². The first-order valence-corrected chi connectivity index (χ1v) is 3.79. The minimum absolute atomic E-state index is 0.0696. The monoisotopic (exact) mass is 174 g/mol. The number of hydrogen-bond donors (Lipinski definition) is 3. The van der Waals surface area contributed by atoms with Gasteiger partial charge in [-0.25, -0.2) is 0 Å². The van der Waals surface area contributed by atoms with Gasteiger partial charge < -0.3 is 16.2 Å². The molecule has 0 saturated heterocycles. The van der Waals surface area contributed by atoms with Crippen LogP contribution in [0.5, 0.6) is 0 Å². The zero-order valence-electron chi connectivity index (χ0n) is 7.04. The Morgan fingerprint density at radius 1 is 1.50 bits per heavy atom. The molecule has 1 atom stereocenters. The summed E-state index contributed by atoms with van der Waals surface area (Å²) in [6.45, 7) is 2.47.